The monoisotopic (exact) mass is 492 g/mol. The van der Waals surface area contributed by atoms with Crippen molar-refractivity contribution in [2.75, 3.05) is 32.7 Å². The van der Waals surface area contributed by atoms with E-state index in [4.69, 9.17) is 9.68 Å². The zero-order chi connectivity index (χ0) is 24.8. The summed E-state index contributed by atoms with van der Waals surface area (Å²) >= 11 is 0. The standard InChI is InChI=1S/C26H28N4O4S/c1-21-4-10-25(11-5-21)35(32,33)30(19-24-3-2-16-34-24)20-26(31)29-14-12-28(13-15-29)18-23-8-6-22(17-27)7-9-23/h2-11,16H,12-15,18-20H2,1H3. The minimum atomic E-state index is -3.89. The Hall–Kier alpha value is -3.45. The number of sulfonamides is 1. The van der Waals surface area contributed by atoms with E-state index in [2.05, 4.69) is 11.0 Å². The number of benzene rings is 2. The molecule has 0 unspecified atom stereocenters. The molecule has 2 aromatic carbocycles. The summed E-state index contributed by atoms with van der Waals surface area (Å²) in [6.07, 6.45) is 1.49. The molecule has 0 atom stereocenters. The first-order chi connectivity index (χ1) is 16.8. The molecule has 0 aliphatic carbocycles. The molecule has 1 aliphatic rings. The molecule has 182 valence electrons. The van der Waals surface area contributed by atoms with Crippen LogP contribution in [0, 0.1) is 18.3 Å². The minimum Gasteiger partial charge on any atom is -0.468 e. The molecule has 0 bridgehead atoms. The second-order valence-electron chi connectivity index (χ2n) is 8.63. The van der Waals surface area contributed by atoms with Crippen molar-refractivity contribution in [1.29, 1.82) is 5.26 Å². The van der Waals surface area contributed by atoms with Crippen molar-refractivity contribution >= 4 is 15.9 Å². The zero-order valence-electron chi connectivity index (χ0n) is 19.6. The van der Waals surface area contributed by atoms with E-state index in [1.807, 2.05) is 19.1 Å². The fourth-order valence-corrected chi connectivity index (χ4v) is 5.37. The number of rotatable bonds is 8. The first-order valence-corrected chi connectivity index (χ1v) is 12.9. The summed E-state index contributed by atoms with van der Waals surface area (Å²) in [5.41, 5.74) is 2.69. The van der Waals surface area contributed by atoms with Crippen molar-refractivity contribution in [1.82, 2.24) is 14.1 Å². The predicted molar refractivity (Wildman–Crippen MR) is 130 cm³/mol. The van der Waals surface area contributed by atoms with Gasteiger partial charge in [0, 0.05) is 32.7 Å². The number of hydrogen-bond donors (Lipinski definition) is 0. The second kappa shape index (κ2) is 10.9. The second-order valence-corrected chi connectivity index (χ2v) is 10.6. The maximum atomic E-state index is 13.4. The zero-order valence-corrected chi connectivity index (χ0v) is 20.4. The molecule has 4 rings (SSSR count). The van der Waals surface area contributed by atoms with Gasteiger partial charge in [-0.2, -0.15) is 9.57 Å². The lowest BCUT2D eigenvalue weighted by molar-refractivity contribution is -0.133. The molecular formula is C26H28N4O4S. The number of furan rings is 1. The van der Waals surface area contributed by atoms with E-state index < -0.39 is 10.0 Å². The smallest absolute Gasteiger partial charge is 0.243 e. The van der Waals surface area contributed by atoms with Crippen LogP contribution in [0.15, 0.2) is 76.2 Å². The lowest BCUT2D eigenvalue weighted by Crippen LogP contribution is -2.51. The van der Waals surface area contributed by atoms with Crippen LogP contribution in [0.5, 0.6) is 0 Å². The number of nitrogens with zero attached hydrogens (tertiary/aromatic N) is 4. The molecule has 1 fully saturated rings. The van der Waals surface area contributed by atoms with Gasteiger partial charge in [-0.25, -0.2) is 8.42 Å². The summed E-state index contributed by atoms with van der Waals surface area (Å²) in [6.45, 7) is 4.77. The van der Waals surface area contributed by atoms with Gasteiger partial charge >= 0.3 is 0 Å². The molecule has 0 spiro atoms. The van der Waals surface area contributed by atoms with Gasteiger partial charge in [0.1, 0.15) is 5.76 Å². The Morgan fingerprint density at radius 3 is 2.31 bits per heavy atom. The van der Waals surface area contributed by atoms with Crippen LogP contribution in [0.1, 0.15) is 22.5 Å². The fraction of sp³-hybridized carbons (Fsp3) is 0.308. The first-order valence-electron chi connectivity index (χ1n) is 11.4. The van der Waals surface area contributed by atoms with E-state index in [-0.39, 0.29) is 23.9 Å². The van der Waals surface area contributed by atoms with Crippen LogP contribution >= 0.6 is 0 Å². The van der Waals surface area contributed by atoms with Crippen LogP contribution in [-0.4, -0.2) is 61.2 Å². The maximum Gasteiger partial charge on any atom is 0.243 e. The molecule has 9 heteroatoms. The normalized spacial score (nSPS) is 14.7. The summed E-state index contributed by atoms with van der Waals surface area (Å²) in [5, 5.41) is 8.95. The highest BCUT2D eigenvalue weighted by atomic mass is 32.2. The average molecular weight is 493 g/mol. The van der Waals surface area contributed by atoms with Crippen LogP contribution in [0.4, 0.5) is 0 Å². The Morgan fingerprint density at radius 1 is 1.03 bits per heavy atom. The molecule has 35 heavy (non-hydrogen) atoms. The Kier molecular flexibility index (Phi) is 7.66. The van der Waals surface area contributed by atoms with Gasteiger partial charge in [0.05, 0.1) is 35.9 Å². The molecule has 1 saturated heterocycles. The van der Waals surface area contributed by atoms with Crippen molar-refractivity contribution in [3.05, 3.63) is 89.4 Å². The number of amides is 1. The largest absolute Gasteiger partial charge is 0.468 e. The highest BCUT2D eigenvalue weighted by Gasteiger charge is 2.30. The molecule has 1 amide bonds. The Balaban J connectivity index is 1.40. The third-order valence-corrected chi connectivity index (χ3v) is 7.90. The molecule has 2 heterocycles. The summed E-state index contributed by atoms with van der Waals surface area (Å²) in [5.74, 6) is 0.242. The molecule has 0 radical (unpaired) electrons. The van der Waals surface area contributed by atoms with E-state index in [1.165, 1.54) is 10.6 Å². The molecule has 8 nitrogen and oxygen atoms in total. The molecule has 0 saturated carbocycles. The summed E-state index contributed by atoms with van der Waals surface area (Å²) in [4.78, 5) is 17.3. The summed E-state index contributed by atoms with van der Waals surface area (Å²) in [7, 11) is -3.89. The highest BCUT2D eigenvalue weighted by Crippen LogP contribution is 2.20. The van der Waals surface area contributed by atoms with Crippen LogP contribution in [-0.2, 0) is 27.9 Å². The van der Waals surface area contributed by atoms with Gasteiger partial charge < -0.3 is 9.32 Å². The number of carbonyl (C=O) groups is 1. The number of aryl methyl sites for hydroxylation is 1. The highest BCUT2D eigenvalue weighted by molar-refractivity contribution is 7.89. The van der Waals surface area contributed by atoms with Gasteiger partial charge in [-0.1, -0.05) is 29.8 Å². The molecule has 0 N–H and O–H groups in total. The Labute approximate surface area is 206 Å². The van der Waals surface area contributed by atoms with Crippen molar-refractivity contribution in [2.45, 2.75) is 24.9 Å². The lowest BCUT2D eigenvalue weighted by atomic mass is 10.1. The van der Waals surface area contributed by atoms with Crippen molar-refractivity contribution < 1.29 is 17.6 Å². The predicted octanol–water partition coefficient (Wildman–Crippen LogP) is 3.00. The molecule has 3 aromatic rings. The summed E-state index contributed by atoms with van der Waals surface area (Å²) in [6, 6.07) is 19.6. The van der Waals surface area contributed by atoms with E-state index >= 15 is 0 Å². The quantitative estimate of drug-likeness (QED) is 0.480. The van der Waals surface area contributed by atoms with Gasteiger partial charge in [-0.3, -0.25) is 9.69 Å². The van der Waals surface area contributed by atoms with E-state index in [1.54, 1.807) is 53.4 Å². The van der Waals surface area contributed by atoms with Crippen LogP contribution < -0.4 is 0 Å². The van der Waals surface area contributed by atoms with E-state index in [0.717, 1.165) is 17.7 Å². The SMILES string of the molecule is Cc1ccc(S(=O)(=O)N(CC(=O)N2CCN(Cc3ccc(C#N)cc3)CC2)Cc2ccco2)cc1. The molecule has 1 aromatic heterocycles. The van der Waals surface area contributed by atoms with Gasteiger partial charge in [-0.05, 0) is 48.9 Å². The number of piperazine rings is 1. The number of nitriles is 1. The molecular weight excluding hydrogens is 464 g/mol. The van der Waals surface area contributed by atoms with Gasteiger partial charge in [-0.15, -0.1) is 0 Å². The van der Waals surface area contributed by atoms with Crippen LogP contribution in [0.25, 0.3) is 0 Å². The van der Waals surface area contributed by atoms with Gasteiger partial charge in [0.2, 0.25) is 15.9 Å². The first kappa shape index (κ1) is 24.7. The fourth-order valence-electron chi connectivity index (χ4n) is 4.01. The topological polar surface area (TPSA) is 97.9 Å². The Morgan fingerprint density at radius 2 is 1.71 bits per heavy atom. The van der Waals surface area contributed by atoms with Crippen molar-refractivity contribution in [3.8, 4) is 6.07 Å². The third-order valence-electron chi connectivity index (χ3n) is 6.10. The van der Waals surface area contributed by atoms with E-state index in [9.17, 15) is 13.2 Å². The van der Waals surface area contributed by atoms with Crippen molar-refractivity contribution in [2.24, 2.45) is 0 Å². The third kappa shape index (κ3) is 6.17. The summed E-state index contributed by atoms with van der Waals surface area (Å²) < 4.78 is 33.3. The van der Waals surface area contributed by atoms with Crippen LogP contribution in [0.2, 0.25) is 0 Å². The maximum absolute atomic E-state index is 13.4. The van der Waals surface area contributed by atoms with Crippen LogP contribution in [0.3, 0.4) is 0 Å². The Bertz CT molecular complexity index is 1270. The lowest BCUT2D eigenvalue weighted by Gasteiger charge is -2.35. The van der Waals surface area contributed by atoms with Gasteiger partial charge in [0.15, 0.2) is 0 Å². The molecule has 1 aliphatic heterocycles. The van der Waals surface area contributed by atoms with Gasteiger partial charge in [0.25, 0.3) is 0 Å². The number of hydrogen-bond acceptors (Lipinski definition) is 6. The van der Waals surface area contributed by atoms with Crippen molar-refractivity contribution in [3.63, 3.8) is 0 Å². The number of carbonyl (C=O) groups excluding carboxylic acids is 1. The van der Waals surface area contributed by atoms with E-state index in [0.29, 0.717) is 37.5 Å². The minimum absolute atomic E-state index is 0.0202. The average Bonchev–Trinajstić information content (AvgIpc) is 3.38.